The van der Waals surface area contributed by atoms with Crippen LogP contribution < -0.4 is 4.74 Å². The zero-order valence-corrected chi connectivity index (χ0v) is 7.97. The van der Waals surface area contributed by atoms with Crippen LogP contribution in [-0.2, 0) is 4.79 Å². The predicted molar refractivity (Wildman–Crippen MR) is 48.6 cm³/mol. The number of halogens is 1. The van der Waals surface area contributed by atoms with Gasteiger partial charge in [0.25, 0.3) is 0 Å². The van der Waals surface area contributed by atoms with Crippen molar-refractivity contribution in [3.05, 3.63) is 23.4 Å². The van der Waals surface area contributed by atoms with Crippen molar-refractivity contribution in [2.75, 3.05) is 0 Å². The first kappa shape index (κ1) is 9.99. The second-order valence-electron chi connectivity index (χ2n) is 2.46. The number of carbonyl (C=O) groups is 1. The fourth-order valence-corrected chi connectivity index (χ4v) is 0.856. The summed E-state index contributed by atoms with van der Waals surface area (Å²) in [6.45, 7) is 1.91. The summed E-state index contributed by atoms with van der Waals surface area (Å²) in [6.07, 6.45) is 2.54. The lowest BCUT2D eigenvalue weighted by molar-refractivity contribution is -0.134. The van der Waals surface area contributed by atoms with Crippen molar-refractivity contribution in [2.24, 2.45) is 0 Å². The van der Waals surface area contributed by atoms with E-state index in [1.54, 1.807) is 0 Å². The molecule has 13 heavy (non-hydrogen) atoms. The number of carbonyl (C=O) groups excluding carboxylic acids is 1. The molecule has 1 rings (SSSR count). The highest BCUT2D eigenvalue weighted by Crippen LogP contribution is 2.11. The maximum absolute atomic E-state index is 11.0. The molecular formula is C9H9ClNO2. The molecule has 0 aliphatic carbocycles. The van der Waals surface area contributed by atoms with Gasteiger partial charge in [-0.3, -0.25) is 4.79 Å². The van der Waals surface area contributed by atoms with E-state index in [2.05, 4.69) is 11.1 Å². The first-order chi connectivity index (χ1) is 6.22. The molecule has 3 nitrogen and oxygen atoms in total. The summed E-state index contributed by atoms with van der Waals surface area (Å²) in [5.41, 5.74) is 0. The monoisotopic (exact) mass is 198 g/mol. The highest BCUT2D eigenvalue weighted by molar-refractivity contribution is 6.30. The minimum atomic E-state index is -0.286. The molecule has 0 unspecified atom stereocenters. The molecule has 1 radical (unpaired) electrons. The first-order valence-electron chi connectivity index (χ1n) is 3.96. The molecule has 1 aromatic heterocycles. The molecule has 1 aromatic rings. The molecule has 0 saturated carbocycles. The van der Waals surface area contributed by atoms with Crippen molar-refractivity contribution in [1.82, 2.24) is 4.98 Å². The molecule has 0 spiro atoms. The Bertz CT molecular complexity index is 284. The number of ether oxygens (including phenoxy) is 1. The fraction of sp³-hybridized carbons (Fsp3) is 0.333. The summed E-state index contributed by atoms with van der Waals surface area (Å²) in [6, 6.07) is 4.11. The van der Waals surface area contributed by atoms with E-state index in [0.29, 0.717) is 11.4 Å². The number of aromatic nitrogens is 1. The van der Waals surface area contributed by atoms with Crippen LogP contribution in [0.4, 0.5) is 0 Å². The topological polar surface area (TPSA) is 39.2 Å². The summed E-state index contributed by atoms with van der Waals surface area (Å²) >= 11 is 5.55. The van der Waals surface area contributed by atoms with E-state index < -0.39 is 0 Å². The fourth-order valence-electron chi connectivity index (χ4n) is 0.753. The standard InChI is InChI=1S/C9H9ClNO2/c1-2-3-9(12)13-8-5-4-7(10)6-11-8/h5-6H,2-3H2,1H3. The average Bonchev–Trinajstić information content (AvgIpc) is 2.09. The molecule has 4 heteroatoms. The molecule has 0 bridgehead atoms. The van der Waals surface area contributed by atoms with Gasteiger partial charge in [0.15, 0.2) is 0 Å². The predicted octanol–water partition coefficient (Wildman–Crippen LogP) is 2.24. The molecule has 0 N–H and O–H groups in total. The zero-order chi connectivity index (χ0) is 9.68. The second-order valence-corrected chi connectivity index (χ2v) is 2.86. The molecule has 0 aromatic carbocycles. The molecule has 0 saturated heterocycles. The lowest BCUT2D eigenvalue weighted by Crippen LogP contribution is -2.07. The van der Waals surface area contributed by atoms with E-state index in [9.17, 15) is 4.79 Å². The van der Waals surface area contributed by atoms with E-state index in [1.807, 2.05) is 6.92 Å². The third kappa shape index (κ3) is 3.42. The normalized spacial score (nSPS) is 9.69. The third-order valence-electron chi connectivity index (χ3n) is 1.31. The van der Waals surface area contributed by atoms with Crippen molar-refractivity contribution in [3.8, 4) is 5.88 Å². The van der Waals surface area contributed by atoms with Gasteiger partial charge in [0, 0.05) is 18.6 Å². The van der Waals surface area contributed by atoms with Gasteiger partial charge in [0.05, 0.1) is 11.2 Å². The molecule has 0 aliphatic rings. The van der Waals surface area contributed by atoms with Gasteiger partial charge in [-0.1, -0.05) is 18.5 Å². The van der Waals surface area contributed by atoms with Gasteiger partial charge in [-0.25, -0.2) is 4.98 Å². The van der Waals surface area contributed by atoms with Crippen LogP contribution in [0.15, 0.2) is 12.3 Å². The van der Waals surface area contributed by atoms with Gasteiger partial charge in [-0.05, 0) is 6.42 Å². The molecule has 0 aliphatic heterocycles. The maximum atomic E-state index is 11.0. The number of nitrogens with zero attached hydrogens (tertiary/aromatic N) is 1. The first-order valence-corrected chi connectivity index (χ1v) is 4.34. The van der Waals surface area contributed by atoms with Crippen molar-refractivity contribution in [1.29, 1.82) is 0 Å². The van der Waals surface area contributed by atoms with Gasteiger partial charge >= 0.3 is 5.97 Å². The summed E-state index contributed by atoms with van der Waals surface area (Å²) in [5, 5.41) is 0.398. The van der Waals surface area contributed by atoms with E-state index in [-0.39, 0.29) is 11.8 Å². The van der Waals surface area contributed by atoms with E-state index in [1.165, 1.54) is 12.3 Å². The molecule has 1 heterocycles. The van der Waals surface area contributed by atoms with Crippen LogP contribution in [0, 0.1) is 6.07 Å². The Morgan fingerprint density at radius 3 is 3.08 bits per heavy atom. The summed E-state index contributed by atoms with van der Waals surface area (Å²) < 4.78 is 4.87. The Balaban J connectivity index is 2.54. The Morgan fingerprint density at radius 1 is 1.77 bits per heavy atom. The van der Waals surface area contributed by atoms with Crippen LogP contribution in [0.3, 0.4) is 0 Å². The molecule has 0 atom stereocenters. The van der Waals surface area contributed by atoms with E-state index >= 15 is 0 Å². The molecule has 69 valence electrons. The highest BCUT2D eigenvalue weighted by atomic mass is 35.5. The SMILES string of the molecule is CCCC(=O)Oc1c[c]c(Cl)cn1. The Hall–Kier alpha value is -1.09. The minimum Gasteiger partial charge on any atom is -0.407 e. The van der Waals surface area contributed by atoms with Crippen molar-refractivity contribution in [2.45, 2.75) is 19.8 Å². The van der Waals surface area contributed by atoms with Crippen LogP contribution in [0.1, 0.15) is 19.8 Å². The molecule has 0 amide bonds. The maximum Gasteiger partial charge on any atom is 0.312 e. The number of hydrogen-bond donors (Lipinski definition) is 0. The van der Waals surface area contributed by atoms with Crippen LogP contribution in [0.2, 0.25) is 5.02 Å². The number of hydrogen-bond acceptors (Lipinski definition) is 3. The molecule has 0 fully saturated rings. The number of rotatable bonds is 3. The van der Waals surface area contributed by atoms with Crippen molar-refractivity contribution < 1.29 is 9.53 Å². The van der Waals surface area contributed by atoms with Gasteiger partial charge < -0.3 is 4.74 Å². The van der Waals surface area contributed by atoms with Crippen LogP contribution in [-0.4, -0.2) is 11.0 Å². The summed E-state index contributed by atoms with van der Waals surface area (Å²) in [4.78, 5) is 14.8. The number of esters is 1. The lowest BCUT2D eigenvalue weighted by atomic mass is 10.3. The Morgan fingerprint density at radius 2 is 2.54 bits per heavy atom. The van der Waals surface area contributed by atoms with Gasteiger partial charge in [0.2, 0.25) is 5.88 Å². The van der Waals surface area contributed by atoms with Gasteiger partial charge in [-0.15, -0.1) is 0 Å². The number of pyridine rings is 1. The Kier molecular flexibility index (Phi) is 3.71. The van der Waals surface area contributed by atoms with Crippen LogP contribution in [0.25, 0.3) is 0 Å². The van der Waals surface area contributed by atoms with Gasteiger partial charge in [-0.2, -0.15) is 0 Å². The second kappa shape index (κ2) is 4.82. The van der Waals surface area contributed by atoms with E-state index in [0.717, 1.165) is 6.42 Å². The average molecular weight is 199 g/mol. The summed E-state index contributed by atoms with van der Waals surface area (Å²) in [7, 11) is 0. The van der Waals surface area contributed by atoms with Crippen LogP contribution in [0.5, 0.6) is 5.88 Å². The quantitative estimate of drug-likeness (QED) is 0.700. The van der Waals surface area contributed by atoms with Crippen molar-refractivity contribution >= 4 is 17.6 Å². The Labute approximate surface area is 81.7 Å². The van der Waals surface area contributed by atoms with E-state index in [4.69, 9.17) is 16.3 Å². The third-order valence-corrected chi connectivity index (χ3v) is 1.52. The highest BCUT2D eigenvalue weighted by Gasteiger charge is 2.03. The minimum absolute atomic E-state index is 0.239. The van der Waals surface area contributed by atoms with Crippen LogP contribution >= 0.6 is 11.6 Å². The van der Waals surface area contributed by atoms with Gasteiger partial charge in [0.1, 0.15) is 0 Å². The lowest BCUT2D eigenvalue weighted by Gasteiger charge is -2.00. The smallest absolute Gasteiger partial charge is 0.312 e. The largest absolute Gasteiger partial charge is 0.407 e. The zero-order valence-electron chi connectivity index (χ0n) is 7.21. The molecular weight excluding hydrogens is 190 g/mol. The summed E-state index contributed by atoms with van der Waals surface area (Å²) in [5.74, 6) is -0.0476. The van der Waals surface area contributed by atoms with Crippen molar-refractivity contribution in [3.63, 3.8) is 0 Å².